The number of hydrogen-bond donors (Lipinski definition) is 0. The molecule has 0 bridgehead atoms. The van der Waals surface area contributed by atoms with Gasteiger partial charge in [0.25, 0.3) is 0 Å². The van der Waals surface area contributed by atoms with Crippen molar-refractivity contribution in [2.75, 3.05) is 14.1 Å². The summed E-state index contributed by atoms with van der Waals surface area (Å²) in [6, 6.07) is 0. The SMILES string of the molecule is C=CC(/C=C/C=C/CC(C=C)C(C)C(/C=C\C)=C/C)=C\C=[N+](C)C. The lowest BCUT2D eigenvalue weighted by Gasteiger charge is -2.20. The summed E-state index contributed by atoms with van der Waals surface area (Å²) < 4.78 is 2.01. The summed E-state index contributed by atoms with van der Waals surface area (Å²) in [5, 5.41) is 0. The minimum Gasteiger partial charge on any atom is -0.241 e. The van der Waals surface area contributed by atoms with Crippen LogP contribution in [0.4, 0.5) is 0 Å². The molecule has 0 N–H and O–H groups in total. The maximum Gasteiger partial charge on any atom is 0.163 e. The molecule has 0 heterocycles. The van der Waals surface area contributed by atoms with E-state index in [1.807, 2.05) is 37.0 Å². The van der Waals surface area contributed by atoms with Crippen LogP contribution in [0.2, 0.25) is 0 Å². The molecule has 0 fully saturated rings. The fraction of sp³-hybridized carbons (Fsp3) is 0.348. The molecule has 0 aliphatic rings. The van der Waals surface area contributed by atoms with Gasteiger partial charge < -0.3 is 0 Å². The van der Waals surface area contributed by atoms with Gasteiger partial charge in [0.1, 0.15) is 14.1 Å². The molecule has 0 saturated heterocycles. The van der Waals surface area contributed by atoms with Gasteiger partial charge in [-0.1, -0.05) is 68.2 Å². The van der Waals surface area contributed by atoms with Crippen LogP contribution in [-0.2, 0) is 0 Å². The molecule has 1 heteroatoms. The van der Waals surface area contributed by atoms with Crippen LogP contribution in [0.3, 0.4) is 0 Å². The van der Waals surface area contributed by atoms with Crippen molar-refractivity contribution in [3.63, 3.8) is 0 Å². The van der Waals surface area contributed by atoms with Crippen LogP contribution in [0.25, 0.3) is 0 Å². The molecule has 0 aromatic carbocycles. The van der Waals surface area contributed by atoms with Gasteiger partial charge in [0.2, 0.25) is 0 Å². The number of nitrogens with zero attached hydrogens (tertiary/aromatic N) is 1. The van der Waals surface area contributed by atoms with Gasteiger partial charge in [-0.05, 0) is 43.3 Å². The number of hydrogen-bond acceptors (Lipinski definition) is 0. The van der Waals surface area contributed by atoms with Crippen molar-refractivity contribution in [1.29, 1.82) is 0 Å². The highest BCUT2D eigenvalue weighted by Crippen LogP contribution is 2.25. The number of allylic oxidation sites excluding steroid dienone is 12. The van der Waals surface area contributed by atoms with Gasteiger partial charge in [-0.15, -0.1) is 6.58 Å². The van der Waals surface area contributed by atoms with Crippen LogP contribution >= 0.6 is 0 Å². The zero-order valence-electron chi connectivity index (χ0n) is 16.1. The second-order valence-electron chi connectivity index (χ2n) is 5.98. The van der Waals surface area contributed by atoms with Crippen LogP contribution in [0.15, 0.2) is 85.1 Å². The summed E-state index contributed by atoms with van der Waals surface area (Å²) in [7, 11) is 4.01. The third-order valence-corrected chi connectivity index (χ3v) is 3.91. The van der Waals surface area contributed by atoms with Crippen molar-refractivity contribution in [3.8, 4) is 0 Å². The van der Waals surface area contributed by atoms with Crippen LogP contribution < -0.4 is 0 Å². The Kier molecular flexibility index (Phi) is 12.1. The molecule has 0 aromatic rings. The minimum atomic E-state index is 0.438. The highest BCUT2D eigenvalue weighted by molar-refractivity contribution is 5.69. The van der Waals surface area contributed by atoms with Gasteiger partial charge in [0.05, 0.1) is 0 Å². The first-order valence-electron chi connectivity index (χ1n) is 8.58. The van der Waals surface area contributed by atoms with Gasteiger partial charge in [0, 0.05) is 6.08 Å². The van der Waals surface area contributed by atoms with Crippen LogP contribution in [0.5, 0.6) is 0 Å². The minimum absolute atomic E-state index is 0.438. The molecular weight excluding hydrogens is 290 g/mol. The summed E-state index contributed by atoms with van der Waals surface area (Å²) in [6.45, 7) is 14.3. The fourth-order valence-corrected chi connectivity index (χ4v) is 2.36. The van der Waals surface area contributed by atoms with Crippen LogP contribution in [0, 0.1) is 11.8 Å². The van der Waals surface area contributed by atoms with Gasteiger partial charge in [-0.3, -0.25) is 0 Å². The first-order valence-corrected chi connectivity index (χ1v) is 8.58. The molecule has 0 rings (SSSR count). The molecular formula is C23H34N+. The molecule has 0 aliphatic heterocycles. The van der Waals surface area contributed by atoms with E-state index < -0.39 is 0 Å². The Labute approximate surface area is 149 Å². The Morgan fingerprint density at radius 3 is 2.29 bits per heavy atom. The standard InChI is InChI=1S/C23H34N/c1-8-15-22(10-3)20(5)23(11-4)17-14-12-13-16-21(9-2)18-19-24(6)7/h8-16,18-20,23H,2,4,17H2,1,3,5-7H3/q+1/b14-12+,15-8-,16-13+,21-18+,22-10+. The first-order chi connectivity index (χ1) is 11.5. The largest absolute Gasteiger partial charge is 0.241 e. The second kappa shape index (κ2) is 13.3. The smallest absolute Gasteiger partial charge is 0.163 e. The Hall–Kier alpha value is -2.15. The molecule has 0 aromatic heterocycles. The van der Waals surface area contributed by atoms with Crippen molar-refractivity contribution < 1.29 is 4.58 Å². The lowest BCUT2D eigenvalue weighted by atomic mass is 9.84. The van der Waals surface area contributed by atoms with E-state index in [1.165, 1.54) is 5.57 Å². The van der Waals surface area contributed by atoms with E-state index in [2.05, 4.69) is 82.5 Å². The molecule has 0 spiro atoms. The lowest BCUT2D eigenvalue weighted by molar-refractivity contribution is -0.458. The Balaban J connectivity index is 4.79. The van der Waals surface area contributed by atoms with E-state index >= 15 is 0 Å². The van der Waals surface area contributed by atoms with E-state index in [0.717, 1.165) is 12.0 Å². The molecule has 2 unspecified atom stereocenters. The zero-order valence-corrected chi connectivity index (χ0v) is 16.1. The quantitative estimate of drug-likeness (QED) is 0.203. The molecule has 130 valence electrons. The van der Waals surface area contributed by atoms with Crippen LogP contribution in [0.1, 0.15) is 27.2 Å². The lowest BCUT2D eigenvalue weighted by Crippen LogP contribution is -2.10. The fourth-order valence-electron chi connectivity index (χ4n) is 2.36. The molecule has 0 aliphatic carbocycles. The molecule has 24 heavy (non-hydrogen) atoms. The summed E-state index contributed by atoms with van der Waals surface area (Å²) >= 11 is 0. The summed E-state index contributed by atoms with van der Waals surface area (Å²) in [5.74, 6) is 0.907. The van der Waals surface area contributed by atoms with E-state index in [0.29, 0.717) is 11.8 Å². The predicted molar refractivity (Wildman–Crippen MR) is 111 cm³/mol. The van der Waals surface area contributed by atoms with Crippen molar-refractivity contribution in [1.82, 2.24) is 0 Å². The topological polar surface area (TPSA) is 3.01 Å². The monoisotopic (exact) mass is 324 g/mol. The molecule has 2 atom stereocenters. The molecule has 1 nitrogen and oxygen atoms in total. The Morgan fingerprint density at radius 1 is 1.08 bits per heavy atom. The van der Waals surface area contributed by atoms with Crippen molar-refractivity contribution in [2.24, 2.45) is 11.8 Å². The average molecular weight is 325 g/mol. The first kappa shape index (κ1) is 21.9. The summed E-state index contributed by atoms with van der Waals surface area (Å²) in [6.07, 6.45) is 23.9. The summed E-state index contributed by atoms with van der Waals surface area (Å²) in [4.78, 5) is 0. The maximum atomic E-state index is 4.01. The van der Waals surface area contributed by atoms with E-state index in [-0.39, 0.29) is 0 Å². The van der Waals surface area contributed by atoms with Gasteiger partial charge in [-0.2, -0.15) is 0 Å². The highest BCUT2D eigenvalue weighted by Gasteiger charge is 2.14. The zero-order chi connectivity index (χ0) is 18.4. The van der Waals surface area contributed by atoms with Crippen molar-refractivity contribution >= 4 is 6.21 Å². The van der Waals surface area contributed by atoms with E-state index in [1.54, 1.807) is 0 Å². The Morgan fingerprint density at radius 2 is 1.79 bits per heavy atom. The highest BCUT2D eigenvalue weighted by atomic mass is 14.9. The average Bonchev–Trinajstić information content (AvgIpc) is 2.57. The maximum absolute atomic E-state index is 4.01. The van der Waals surface area contributed by atoms with Crippen molar-refractivity contribution in [3.05, 3.63) is 85.1 Å². The molecule has 0 amide bonds. The second-order valence-corrected chi connectivity index (χ2v) is 5.98. The normalized spacial score (nSPS) is 15.9. The van der Waals surface area contributed by atoms with Gasteiger partial charge >= 0.3 is 0 Å². The third-order valence-electron chi connectivity index (χ3n) is 3.91. The number of rotatable bonds is 10. The summed E-state index contributed by atoms with van der Waals surface area (Å²) in [5.41, 5.74) is 2.45. The van der Waals surface area contributed by atoms with Crippen LogP contribution in [-0.4, -0.2) is 24.9 Å². The third kappa shape index (κ3) is 9.09. The van der Waals surface area contributed by atoms with Gasteiger partial charge in [-0.25, -0.2) is 4.58 Å². The predicted octanol–water partition coefficient (Wildman–Crippen LogP) is 5.90. The van der Waals surface area contributed by atoms with Crippen molar-refractivity contribution in [2.45, 2.75) is 27.2 Å². The van der Waals surface area contributed by atoms with Gasteiger partial charge in [0.15, 0.2) is 6.21 Å². The van der Waals surface area contributed by atoms with E-state index in [4.69, 9.17) is 0 Å². The molecule has 0 saturated carbocycles. The molecule has 0 radical (unpaired) electrons. The Bertz CT molecular complexity index is 561. The van der Waals surface area contributed by atoms with E-state index in [9.17, 15) is 0 Å².